The molecule has 0 saturated heterocycles. The van der Waals surface area contributed by atoms with Gasteiger partial charge in [0.1, 0.15) is 5.15 Å². The van der Waals surface area contributed by atoms with E-state index >= 15 is 0 Å². The SMILES string of the molecule is Cc1nn(C)c(Cl)c1CC(=O)Nc1nc2ccccc2[nH]1. The number of imidazole rings is 1. The monoisotopic (exact) mass is 303 g/mol. The molecule has 0 atom stereocenters. The minimum atomic E-state index is -0.188. The lowest BCUT2D eigenvalue weighted by Gasteiger charge is -2.01. The Morgan fingerprint density at radius 2 is 2.19 bits per heavy atom. The number of amides is 1. The van der Waals surface area contributed by atoms with Crippen molar-refractivity contribution in [2.24, 2.45) is 7.05 Å². The van der Waals surface area contributed by atoms with Crippen molar-refractivity contribution in [1.82, 2.24) is 19.7 Å². The Bertz CT molecular complexity index is 787. The van der Waals surface area contributed by atoms with E-state index in [9.17, 15) is 4.79 Å². The maximum Gasteiger partial charge on any atom is 0.231 e. The fourth-order valence-corrected chi connectivity index (χ4v) is 2.46. The topological polar surface area (TPSA) is 75.6 Å². The zero-order valence-electron chi connectivity index (χ0n) is 11.6. The van der Waals surface area contributed by atoms with Crippen LogP contribution in [-0.4, -0.2) is 25.7 Å². The van der Waals surface area contributed by atoms with Gasteiger partial charge in [-0.2, -0.15) is 5.10 Å². The Hall–Kier alpha value is -2.34. The number of rotatable bonds is 3. The zero-order chi connectivity index (χ0) is 15.0. The lowest BCUT2D eigenvalue weighted by Crippen LogP contribution is -2.15. The molecule has 0 aliphatic heterocycles. The van der Waals surface area contributed by atoms with Crippen molar-refractivity contribution in [3.8, 4) is 0 Å². The van der Waals surface area contributed by atoms with E-state index in [0.717, 1.165) is 22.3 Å². The average Bonchev–Trinajstić information content (AvgIpc) is 2.94. The van der Waals surface area contributed by atoms with Gasteiger partial charge >= 0.3 is 0 Å². The number of aromatic nitrogens is 4. The molecule has 6 nitrogen and oxygen atoms in total. The number of halogens is 1. The number of hydrogen-bond donors (Lipinski definition) is 2. The van der Waals surface area contributed by atoms with Crippen LogP contribution in [0.25, 0.3) is 11.0 Å². The van der Waals surface area contributed by atoms with Crippen molar-refractivity contribution in [1.29, 1.82) is 0 Å². The number of anilines is 1. The molecule has 2 aromatic heterocycles. The van der Waals surface area contributed by atoms with Crippen LogP contribution in [0.2, 0.25) is 5.15 Å². The van der Waals surface area contributed by atoms with E-state index in [1.165, 1.54) is 0 Å². The molecule has 7 heteroatoms. The highest BCUT2D eigenvalue weighted by Crippen LogP contribution is 2.20. The average molecular weight is 304 g/mol. The van der Waals surface area contributed by atoms with Crippen molar-refractivity contribution in [2.75, 3.05) is 5.32 Å². The fraction of sp³-hybridized carbons (Fsp3) is 0.214. The maximum atomic E-state index is 12.1. The molecule has 0 radical (unpaired) electrons. The number of aryl methyl sites for hydroxylation is 2. The van der Waals surface area contributed by atoms with Gasteiger partial charge in [0.2, 0.25) is 11.9 Å². The highest BCUT2D eigenvalue weighted by atomic mass is 35.5. The molecule has 2 heterocycles. The minimum Gasteiger partial charge on any atom is -0.324 e. The molecule has 0 aliphatic rings. The van der Waals surface area contributed by atoms with Gasteiger partial charge in [-0.25, -0.2) is 4.98 Å². The summed E-state index contributed by atoms with van der Waals surface area (Å²) >= 11 is 6.12. The quantitative estimate of drug-likeness (QED) is 0.780. The number of hydrogen-bond acceptors (Lipinski definition) is 3. The molecule has 2 N–H and O–H groups in total. The van der Waals surface area contributed by atoms with E-state index in [1.807, 2.05) is 31.2 Å². The van der Waals surface area contributed by atoms with Gasteiger partial charge in [0.05, 0.1) is 23.1 Å². The normalized spacial score (nSPS) is 11.0. The van der Waals surface area contributed by atoms with Crippen molar-refractivity contribution in [3.05, 3.63) is 40.7 Å². The first kappa shape index (κ1) is 13.6. The second-order valence-electron chi connectivity index (χ2n) is 4.81. The third kappa shape index (κ3) is 2.62. The Balaban J connectivity index is 1.77. The molecule has 3 rings (SSSR count). The number of carbonyl (C=O) groups excluding carboxylic acids is 1. The Kier molecular flexibility index (Phi) is 3.39. The van der Waals surface area contributed by atoms with Gasteiger partial charge in [-0.05, 0) is 19.1 Å². The summed E-state index contributed by atoms with van der Waals surface area (Å²) < 4.78 is 1.56. The summed E-state index contributed by atoms with van der Waals surface area (Å²) in [6.07, 6.45) is 0.162. The number of para-hydroxylation sites is 2. The Labute approximate surface area is 126 Å². The van der Waals surface area contributed by atoms with Crippen LogP contribution in [0.1, 0.15) is 11.3 Å². The molecule has 0 bridgehead atoms. The molecule has 1 aromatic carbocycles. The van der Waals surface area contributed by atoms with E-state index in [1.54, 1.807) is 11.7 Å². The van der Waals surface area contributed by atoms with Gasteiger partial charge in [0.15, 0.2) is 0 Å². The van der Waals surface area contributed by atoms with E-state index in [2.05, 4.69) is 20.4 Å². The molecule has 0 spiro atoms. The van der Waals surface area contributed by atoms with Crippen LogP contribution in [0.5, 0.6) is 0 Å². The number of H-pyrrole nitrogens is 1. The third-order valence-electron chi connectivity index (χ3n) is 3.25. The van der Waals surface area contributed by atoms with Crippen molar-refractivity contribution < 1.29 is 4.79 Å². The summed E-state index contributed by atoms with van der Waals surface area (Å²) in [7, 11) is 1.75. The molecule has 1 amide bonds. The summed E-state index contributed by atoms with van der Waals surface area (Å²) in [6, 6.07) is 7.59. The number of aromatic amines is 1. The Morgan fingerprint density at radius 3 is 2.86 bits per heavy atom. The Morgan fingerprint density at radius 1 is 1.43 bits per heavy atom. The van der Waals surface area contributed by atoms with Crippen LogP contribution in [0.4, 0.5) is 5.95 Å². The van der Waals surface area contributed by atoms with Crippen molar-refractivity contribution in [3.63, 3.8) is 0 Å². The smallest absolute Gasteiger partial charge is 0.231 e. The van der Waals surface area contributed by atoms with Crippen LogP contribution in [0, 0.1) is 6.92 Å². The first-order valence-electron chi connectivity index (χ1n) is 6.47. The molecule has 108 valence electrons. The summed E-state index contributed by atoms with van der Waals surface area (Å²) in [5, 5.41) is 7.41. The van der Waals surface area contributed by atoms with Gasteiger partial charge in [-0.3, -0.25) is 14.8 Å². The summed E-state index contributed by atoms with van der Waals surface area (Å²) in [5.41, 5.74) is 3.17. The first-order valence-corrected chi connectivity index (χ1v) is 6.85. The van der Waals surface area contributed by atoms with Gasteiger partial charge < -0.3 is 4.98 Å². The molecule has 0 aliphatic carbocycles. The third-order valence-corrected chi connectivity index (χ3v) is 3.73. The first-order chi connectivity index (χ1) is 10.0. The molecular weight excluding hydrogens is 290 g/mol. The molecule has 3 aromatic rings. The van der Waals surface area contributed by atoms with Crippen LogP contribution in [0.3, 0.4) is 0 Å². The van der Waals surface area contributed by atoms with Crippen LogP contribution >= 0.6 is 11.6 Å². The lowest BCUT2D eigenvalue weighted by atomic mass is 10.2. The van der Waals surface area contributed by atoms with Crippen molar-refractivity contribution in [2.45, 2.75) is 13.3 Å². The second-order valence-corrected chi connectivity index (χ2v) is 5.16. The standard InChI is InChI=1S/C14H14ClN5O/c1-8-9(13(15)20(2)19-8)7-12(21)18-14-16-10-5-3-4-6-11(10)17-14/h3-6H,7H2,1-2H3,(H2,16,17,18,21). The summed E-state index contributed by atoms with van der Waals surface area (Å²) in [5.74, 6) is 0.242. The van der Waals surface area contributed by atoms with E-state index in [-0.39, 0.29) is 12.3 Å². The van der Waals surface area contributed by atoms with E-state index in [0.29, 0.717) is 11.1 Å². The van der Waals surface area contributed by atoms with Gasteiger partial charge in [-0.15, -0.1) is 0 Å². The zero-order valence-corrected chi connectivity index (χ0v) is 12.4. The largest absolute Gasteiger partial charge is 0.324 e. The second kappa shape index (κ2) is 5.21. The van der Waals surface area contributed by atoms with Gasteiger partial charge in [-0.1, -0.05) is 23.7 Å². The minimum absolute atomic E-state index is 0.162. The molecule has 21 heavy (non-hydrogen) atoms. The molecule has 0 fully saturated rings. The summed E-state index contributed by atoms with van der Waals surface area (Å²) in [6.45, 7) is 1.83. The number of carbonyl (C=O) groups is 1. The van der Waals surface area contributed by atoms with Crippen LogP contribution < -0.4 is 5.32 Å². The lowest BCUT2D eigenvalue weighted by molar-refractivity contribution is -0.115. The van der Waals surface area contributed by atoms with E-state index < -0.39 is 0 Å². The highest BCUT2D eigenvalue weighted by Gasteiger charge is 2.15. The highest BCUT2D eigenvalue weighted by molar-refractivity contribution is 6.30. The van der Waals surface area contributed by atoms with Crippen molar-refractivity contribution >= 4 is 34.5 Å². The maximum absolute atomic E-state index is 12.1. The van der Waals surface area contributed by atoms with Gasteiger partial charge in [0.25, 0.3) is 0 Å². The molecular formula is C14H14ClN5O. The predicted octanol–water partition coefficient (Wildman–Crippen LogP) is 2.44. The number of benzene rings is 1. The fourth-order valence-electron chi connectivity index (χ4n) is 2.22. The summed E-state index contributed by atoms with van der Waals surface area (Å²) in [4.78, 5) is 19.5. The number of nitrogens with one attached hydrogen (secondary N) is 2. The predicted molar refractivity (Wildman–Crippen MR) is 81.4 cm³/mol. The van der Waals surface area contributed by atoms with Gasteiger partial charge in [0, 0.05) is 12.6 Å². The molecule has 0 unspecified atom stereocenters. The number of fused-ring (bicyclic) bond motifs is 1. The number of nitrogens with zero attached hydrogens (tertiary/aromatic N) is 3. The van der Waals surface area contributed by atoms with E-state index in [4.69, 9.17) is 11.6 Å². The molecule has 0 saturated carbocycles. The van der Waals surface area contributed by atoms with Crippen LogP contribution in [0.15, 0.2) is 24.3 Å². The van der Waals surface area contributed by atoms with Crippen LogP contribution in [-0.2, 0) is 18.3 Å².